The highest BCUT2D eigenvalue weighted by Crippen LogP contribution is 2.28. The Kier molecular flexibility index (Phi) is 8.03. The second-order valence-corrected chi connectivity index (χ2v) is 9.34. The first-order valence-electron chi connectivity index (χ1n) is 12.4. The first-order valence-corrected chi connectivity index (χ1v) is 12.4. The zero-order valence-corrected chi connectivity index (χ0v) is 21.5. The molecule has 0 unspecified atom stereocenters. The van der Waals surface area contributed by atoms with Crippen LogP contribution in [0.15, 0.2) is 29.4 Å². The van der Waals surface area contributed by atoms with Gasteiger partial charge >= 0.3 is 12.1 Å². The summed E-state index contributed by atoms with van der Waals surface area (Å²) in [6.45, 7) is 1.03. The van der Waals surface area contributed by atoms with E-state index in [0.717, 1.165) is 5.56 Å². The molecule has 41 heavy (non-hydrogen) atoms. The Balaban J connectivity index is 1.13. The maximum Gasteiger partial charge on any atom is 0.490 e. The number of fused-ring (bicyclic) bond motifs is 1. The highest BCUT2D eigenvalue weighted by atomic mass is 19.4. The minimum Gasteiger partial charge on any atom is -0.482 e. The summed E-state index contributed by atoms with van der Waals surface area (Å²) >= 11 is 0. The van der Waals surface area contributed by atoms with E-state index in [1.807, 2.05) is 0 Å². The summed E-state index contributed by atoms with van der Waals surface area (Å²) in [5.74, 6) is -2.13. The number of anilines is 1. The average Bonchev–Trinajstić information content (AvgIpc) is 3.44. The van der Waals surface area contributed by atoms with Crippen molar-refractivity contribution in [1.82, 2.24) is 15.3 Å². The number of rotatable bonds is 7. The van der Waals surface area contributed by atoms with Crippen LogP contribution in [0.3, 0.4) is 0 Å². The second kappa shape index (κ2) is 11.7. The number of carbonyl (C=O) groups is 3. The average molecular weight is 579 g/mol. The van der Waals surface area contributed by atoms with Crippen LogP contribution in [0.25, 0.3) is 0 Å². The molecule has 2 N–H and O–H groups in total. The predicted octanol–water partition coefficient (Wildman–Crippen LogP) is 1.43. The predicted molar refractivity (Wildman–Crippen MR) is 131 cm³/mol. The Bertz CT molecular complexity index is 1380. The number of aromatic nitrogens is 2. The lowest BCUT2D eigenvalue weighted by molar-refractivity contribution is -0.212. The second-order valence-electron chi connectivity index (χ2n) is 9.34. The Morgan fingerprint density at radius 3 is 2.73 bits per heavy atom. The Morgan fingerprint density at radius 2 is 1.98 bits per heavy atom. The zero-order chi connectivity index (χ0) is 29.1. The fourth-order valence-electron chi connectivity index (χ4n) is 4.21. The summed E-state index contributed by atoms with van der Waals surface area (Å²) in [5.41, 5.74) is 2.20. The van der Waals surface area contributed by atoms with Gasteiger partial charge in [0.25, 0.3) is 11.8 Å². The van der Waals surface area contributed by atoms with Crippen LogP contribution in [0.1, 0.15) is 34.0 Å². The SMILES string of the molecule is Cc1nc(C(=O)NCc2ccc3c(c2)NC(=O)CO3)cc(C2=NO[C@H]([C@H]3CO[C@@H](COC(=O)C(F)(F)F)CO3)C2)n1. The van der Waals surface area contributed by atoms with Gasteiger partial charge in [-0.1, -0.05) is 11.2 Å². The number of esters is 1. The molecule has 3 atom stereocenters. The maximum atomic E-state index is 12.9. The van der Waals surface area contributed by atoms with E-state index in [2.05, 4.69) is 30.5 Å². The standard InChI is InChI=1S/C25H24F3N5O8/c1-12-30-15(5-18(31-12)23(35)29-7-13-2-3-19-17(4-13)32-22(34)11-39-19)16-6-20(41-33-16)21-10-37-14(8-38-21)9-40-24(36)25(26,27)28/h2-5,14,20-21H,6-11H2,1H3,(H,29,35)(H,32,34)/t14-,20+,21-/m1/s1. The van der Waals surface area contributed by atoms with E-state index in [-0.39, 0.29) is 44.4 Å². The van der Waals surface area contributed by atoms with Crippen molar-refractivity contribution in [3.05, 3.63) is 47.0 Å². The number of halogens is 3. The first kappa shape index (κ1) is 28.2. The molecule has 0 bridgehead atoms. The number of ether oxygens (including phenoxy) is 4. The Hall–Kier alpha value is -4.31. The van der Waals surface area contributed by atoms with Crippen molar-refractivity contribution in [3.63, 3.8) is 0 Å². The van der Waals surface area contributed by atoms with Gasteiger partial charge in [0.1, 0.15) is 41.8 Å². The van der Waals surface area contributed by atoms with Crippen molar-refractivity contribution in [2.75, 3.05) is 31.7 Å². The number of alkyl halides is 3. The van der Waals surface area contributed by atoms with Crippen LogP contribution in [-0.4, -0.2) is 84.4 Å². The molecule has 2 aromatic rings. The molecule has 1 fully saturated rings. The molecule has 5 rings (SSSR count). The Labute approximate surface area is 230 Å². The van der Waals surface area contributed by atoms with Crippen LogP contribution in [0.4, 0.5) is 18.9 Å². The molecule has 1 aromatic heterocycles. The summed E-state index contributed by atoms with van der Waals surface area (Å²) < 4.78 is 57.5. The van der Waals surface area contributed by atoms with Gasteiger partial charge in [0.15, 0.2) is 12.7 Å². The third-order valence-corrected chi connectivity index (χ3v) is 6.23. The molecule has 0 aliphatic carbocycles. The molecule has 0 radical (unpaired) electrons. The minimum atomic E-state index is -5.08. The number of hydrogen-bond acceptors (Lipinski definition) is 11. The topological polar surface area (TPSA) is 160 Å². The molecule has 218 valence electrons. The fraction of sp³-hybridized carbons (Fsp3) is 0.440. The van der Waals surface area contributed by atoms with Gasteiger partial charge in [0.2, 0.25) is 0 Å². The summed E-state index contributed by atoms with van der Waals surface area (Å²) in [6, 6.07) is 6.67. The first-order chi connectivity index (χ1) is 19.5. The van der Waals surface area contributed by atoms with E-state index >= 15 is 0 Å². The molecule has 1 saturated heterocycles. The lowest BCUT2D eigenvalue weighted by Crippen LogP contribution is -2.44. The van der Waals surface area contributed by atoms with Crippen molar-refractivity contribution in [3.8, 4) is 5.75 Å². The van der Waals surface area contributed by atoms with Crippen LogP contribution in [0.5, 0.6) is 5.75 Å². The zero-order valence-electron chi connectivity index (χ0n) is 21.5. The molecule has 16 heteroatoms. The third-order valence-electron chi connectivity index (χ3n) is 6.23. The molecule has 4 heterocycles. The quantitative estimate of drug-likeness (QED) is 0.460. The number of benzene rings is 1. The molecular weight excluding hydrogens is 555 g/mol. The normalized spacial score (nSPS) is 22.0. The van der Waals surface area contributed by atoms with Crippen molar-refractivity contribution in [2.45, 2.75) is 44.4 Å². The molecule has 0 spiro atoms. The fourth-order valence-corrected chi connectivity index (χ4v) is 4.21. The van der Waals surface area contributed by atoms with E-state index in [1.54, 1.807) is 25.1 Å². The van der Waals surface area contributed by atoms with E-state index in [0.29, 0.717) is 28.7 Å². The highest BCUT2D eigenvalue weighted by Gasteiger charge is 2.42. The van der Waals surface area contributed by atoms with Gasteiger partial charge in [-0.2, -0.15) is 13.2 Å². The van der Waals surface area contributed by atoms with E-state index in [4.69, 9.17) is 19.0 Å². The largest absolute Gasteiger partial charge is 0.490 e. The van der Waals surface area contributed by atoms with Crippen LogP contribution < -0.4 is 15.4 Å². The number of nitrogens with zero attached hydrogens (tertiary/aromatic N) is 3. The number of carbonyl (C=O) groups excluding carboxylic acids is 3. The van der Waals surface area contributed by atoms with Crippen LogP contribution in [0.2, 0.25) is 0 Å². The molecule has 3 aliphatic heterocycles. The molecule has 13 nitrogen and oxygen atoms in total. The lowest BCUT2D eigenvalue weighted by Gasteiger charge is -2.31. The molecule has 2 amide bonds. The van der Waals surface area contributed by atoms with Gasteiger partial charge in [-0.05, 0) is 30.7 Å². The van der Waals surface area contributed by atoms with Gasteiger partial charge in [0, 0.05) is 13.0 Å². The van der Waals surface area contributed by atoms with Gasteiger partial charge < -0.3 is 34.4 Å². The van der Waals surface area contributed by atoms with E-state index in [1.165, 1.54) is 6.07 Å². The maximum absolute atomic E-state index is 12.9. The number of hydrogen-bond donors (Lipinski definition) is 2. The number of oxime groups is 1. The van der Waals surface area contributed by atoms with E-state index < -0.39 is 43.0 Å². The highest BCUT2D eigenvalue weighted by molar-refractivity contribution is 6.02. The monoisotopic (exact) mass is 579 g/mol. The van der Waals surface area contributed by atoms with Gasteiger partial charge in [-0.15, -0.1) is 0 Å². The third kappa shape index (κ3) is 6.89. The van der Waals surface area contributed by atoms with Gasteiger partial charge in [-0.3, -0.25) is 9.59 Å². The molecular formula is C25H24F3N5O8. The Morgan fingerprint density at radius 1 is 1.15 bits per heavy atom. The van der Waals surface area contributed by atoms with Crippen LogP contribution in [0, 0.1) is 6.92 Å². The summed E-state index contributed by atoms with van der Waals surface area (Å²) in [5, 5.41) is 9.57. The summed E-state index contributed by atoms with van der Waals surface area (Å²) in [6.07, 6.45) is -6.81. The van der Waals surface area contributed by atoms with Crippen molar-refractivity contribution < 1.29 is 51.3 Å². The molecule has 0 saturated carbocycles. The van der Waals surface area contributed by atoms with Crippen molar-refractivity contribution in [2.24, 2.45) is 5.16 Å². The lowest BCUT2D eigenvalue weighted by atomic mass is 10.0. The number of nitrogens with one attached hydrogen (secondary N) is 2. The number of aryl methyl sites for hydroxylation is 1. The van der Waals surface area contributed by atoms with Gasteiger partial charge in [0.05, 0.1) is 24.6 Å². The summed E-state index contributed by atoms with van der Waals surface area (Å²) in [4.78, 5) is 49.4. The van der Waals surface area contributed by atoms with Crippen LogP contribution in [-0.2, 0) is 35.2 Å². The van der Waals surface area contributed by atoms with Crippen molar-refractivity contribution in [1.29, 1.82) is 0 Å². The van der Waals surface area contributed by atoms with Crippen LogP contribution >= 0.6 is 0 Å². The van der Waals surface area contributed by atoms with Gasteiger partial charge in [-0.25, -0.2) is 14.8 Å². The minimum absolute atomic E-state index is 0.0172. The smallest absolute Gasteiger partial charge is 0.482 e. The van der Waals surface area contributed by atoms with E-state index in [9.17, 15) is 27.6 Å². The van der Waals surface area contributed by atoms with Crippen molar-refractivity contribution >= 4 is 29.2 Å². The summed E-state index contributed by atoms with van der Waals surface area (Å²) in [7, 11) is 0. The molecule has 3 aliphatic rings. The molecule has 1 aromatic carbocycles. The number of amides is 2.